The van der Waals surface area contributed by atoms with Crippen LogP contribution in [0.3, 0.4) is 0 Å². The summed E-state index contributed by atoms with van der Waals surface area (Å²) in [4.78, 5) is 4.57. The second-order valence-corrected chi connectivity index (χ2v) is 19.4. The molecular weight excluding hydrogens is 937 g/mol. The highest BCUT2D eigenvalue weighted by Gasteiger charge is 2.26. The first kappa shape index (κ1) is 49.9. The molecule has 0 spiro atoms. The number of aromatic nitrogens is 4. The molecule has 1 aliphatic rings. The minimum Gasteiger partial charge on any atom is -0.415 e. The molecule has 7 aromatic rings. The van der Waals surface area contributed by atoms with Crippen LogP contribution >= 0.6 is 0 Å². The highest BCUT2D eigenvalue weighted by atomic mass is 32.2. The number of benzene rings is 5. The minimum absolute atomic E-state index is 0.00766. The lowest BCUT2D eigenvalue weighted by molar-refractivity contribution is 0.115. The molecule has 1 fully saturated rings. The van der Waals surface area contributed by atoms with Gasteiger partial charge in [0.25, 0.3) is 21.8 Å². The molecule has 0 N–H and O–H groups in total. The predicted molar refractivity (Wildman–Crippen MR) is 256 cm³/mol. The summed E-state index contributed by atoms with van der Waals surface area (Å²) in [5, 5.41) is 14.8. The number of nitrogens with zero attached hydrogens (tertiary/aromatic N) is 8. The van der Waals surface area contributed by atoms with Crippen LogP contribution in [0, 0.1) is 0 Å². The fraction of sp³-hybridized carbons (Fsp3) is 0.224. The van der Waals surface area contributed by atoms with Crippen LogP contribution in [0.25, 0.3) is 29.0 Å². The van der Waals surface area contributed by atoms with E-state index in [9.17, 15) is 34.4 Å². The van der Waals surface area contributed by atoms with Crippen molar-refractivity contribution >= 4 is 37.5 Å². The van der Waals surface area contributed by atoms with Gasteiger partial charge in [0, 0.05) is 55.8 Å². The van der Waals surface area contributed by atoms with E-state index in [-0.39, 0.29) is 30.6 Å². The van der Waals surface area contributed by atoms with E-state index in [2.05, 4.69) is 61.1 Å². The summed E-state index contributed by atoms with van der Waals surface area (Å²) in [7, 11) is -7.36. The maximum absolute atomic E-state index is 13.6. The van der Waals surface area contributed by atoms with Crippen molar-refractivity contribution in [3.63, 3.8) is 0 Å². The highest BCUT2D eigenvalue weighted by Crippen LogP contribution is 2.28. The van der Waals surface area contributed by atoms with Crippen LogP contribution in [0.2, 0.25) is 0 Å². The molecule has 8 rings (SSSR count). The van der Waals surface area contributed by atoms with Crippen LogP contribution in [-0.2, 0) is 33.1 Å². The molecule has 0 aliphatic carbocycles. The highest BCUT2D eigenvalue weighted by molar-refractivity contribution is 7.95. The van der Waals surface area contributed by atoms with Gasteiger partial charge in [0.1, 0.15) is 0 Å². The van der Waals surface area contributed by atoms with E-state index in [1.165, 1.54) is 14.2 Å². The standard InChI is InChI=1S/C31H33F2N5O3S.C18H15F2N3O3S/c32-29(33)31-35-34-30(41-31)27-15-13-26(14-16-27)24-38(28-11-5-2-6-12-28)42(39,40)23-22-37-20-18-36(19-21-37)17-7-10-25-8-3-1-4-9-25;1-2-27(24,25)23(15-6-4-3-5-7-15)12-13-8-10-14(11-9-13)17-21-22-18(26-17)16(19)20/h1-16,29H,17-24H2;2-11,16H,1,12H2/b10-7+;. The van der Waals surface area contributed by atoms with Crippen molar-refractivity contribution < 1.29 is 43.2 Å². The monoisotopic (exact) mass is 984 g/mol. The zero-order chi connectivity index (χ0) is 48.8. The summed E-state index contributed by atoms with van der Waals surface area (Å²) in [6.07, 6.45) is -1.39. The molecule has 360 valence electrons. The smallest absolute Gasteiger partial charge is 0.314 e. The molecule has 1 saturated heterocycles. The van der Waals surface area contributed by atoms with Gasteiger partial charge in [-0.05, 0) is 65.2 Å². The molecule has 69 heavy (non-hydrogen) atoms. The van der Waals surface area contributed by atoms with Gasteiger partial charge in [-0.15, -0.1) is 20.4 Å². The Balaban J connectivity index is 0.000000224. The predicted octanol–water partition coefficient (Wildman–Crippen LogP) is 9.50. The normalized spacial score (nSPS) is 13.7. The zero-order valence-electron chi connectivity index (χ0n) is 37.1. The third-order valence-corrected chi connectivity index (χ3v) is 13.9. The quantitative estimate of drug-likeness (QED) is 0.0708. The molecule has 0 radical (unpaired) electrons. The van der Waals surface area contributed by atoms with E-state index in [4.69, 9.17) is 8.83 Å². The molecule has 0 atom stereocenters. The number of halogens is 4. The maximum Gasteiger partial charge on any atom is 0.314 e. The van der Waals surface area contributed by atoms with Crippen LogP contribution < -0.4 is 8.61 Å². The fourth-order valence-corrected chi connectivity index (χ4v) is 9.55. The number of hydrogen-bond acceptors (Lipinski definition) is 12. The maximum atomic E-state index is 13.6. The summed E-state index contributed by atoms with van der Waals surface area (Å²) in [6, 6.07) is 41.1. The molecule has 2 aromatic heterocycles. The third-order valence-electron chi connectivity index (χ3n) is 10.9. The Kier molecular flexibility index (Phi) is 16.9. The van der Waals surface area contributed by atoms with E-state index in [1.807, 2.05) is 36.4 Å². The van der Waals surface area contributed by atoms with E-state index in [0.717, 1.165) is 43.7 Å². The van der Waals surface area contributed by atoms with Crippen molar-refractivity contribution in [2.24, 2.45) is 0 Å². The van der Waals surface area contributed by atoms with Crippen LogP contribution in [0.5, 0.6) is 0 Å². The van der Waals surface area contributed by atoms with E-state index >= 15 is 0 Å². The summed E-state index contributed by atoms with van der Waals surface area (Å²) in [5.74, 6) is -1.54. The molecule has 14 nitrogen and oxygen atoms in total. The second kappa shape index (κ2) is 23.3. The van der Waals surface area contributed by atoms with Crippen molar-refractivity contribution in [1.29, 1.82) is 0 Å². The van der Waals surface area contributed by atoms with Gasteiger partial charge in [-0.3, -0.25) is 18.4 Å². The number of hydrogen-bond donors (Lipinski definition) is 0. The number of sulfonamides is 2. The molecule has 0 amide bonds. The first-order chi connectivity index (χ1) is 33.3. The number of anilines is 2. The van der Waals surface area contributed by atoms with Gasteiger partial charge >= 0.3 is 12.9 Å². The Labute approximate surface area is 397 Å². The number of alkyl halides is 4. The third kappa shape index (κ3) is 13.8. The van der Waals surface area contributed by atoms with E-state index in [0.29, 0.717) is 34.6 Å². The van der Waals surface area contributed by atoms with Crippen LogP contribution in [0.4, 0.5) is 28.9 Å². The van der Waals surface area contributed by atoms with E-state index < -0.39 is 44.7 Å². The van der Waals surface area contributed by atoms with Gasteiger partial charge in [-0.1, -0.05) is 110 Å². The molecule has 5 aromatic carbocycles. The summed E-state index contributed by atoms with van der Waals surface area (Å²) < 4.78 is 115. The lowest BCUT2D eigenvalue weighted by Gasteiger charge is -2.34. The van der Waals surface area contributed by atoms with Gasteiger partial charge in [-0.25, -0.2) is 16.8 Å². The molecule has 20 heteroatoms. The second-order valence-electron chi connectivity index (χ2n) is 15.6. The average molecular weight is 985 g/mol. The zero-order valence-corrected chi connectivity index (χ0v) is 38.7. The minimum atomic E-state index is -3.71. The van der Waals surface area contributed by atoms with Crippen LogP contribution in [0.1, 0.15) is 41.3 Å². The first-order valence-corrected chi connectivity index (χ1v) is 24.7. The molecule has 1 aliphatic heterocycles. The average Bonchev–Trinajstić information content (AvgIpc) is 4.09. The largest absolute Gasteiger partial charge is 0.415 e. The Morgan fingerprint density at radius 2 is 1.01 bits per heavy atom. The van der Waals surface area contributed by atoms with Gasteiger partial charge in [0.05, 0.1) is 30.2 Å². The molecule has 0 bridgehead atoms. The van der Waals surface area contributed by atoms with Crippen molar-refractivity contribution in [1.82, 2.24) is 30.2 Å². The van der Waals surface area contributed by atoms with Gasteiger partial charge in [-0.2, -0.15) is 17.6 Å². The first-order valence-electron chi connectivity index (χ1n) is 21.6. The fourth-order valence-electron chi connectivity index (χ4n) is 7.12. The van der Waals surface area contributed by atoms with Crippen molar-refractivity contribution in [3.05, 3.63) is 186 Å². The number of rotatable bonds is 19. The van der Waals surface area contributed by atoms with E-state index in [1.54, 1.807) is 91.0 Å². The Morgan fingerprint density at radius 3 is 1.46 bits per heavy atom. The van der Waals surface area contributed by atoms with Crippen molar-refractivity contribution in [2.75, 3.05) is 53.6 Å². The molecule has 0 unspecified atom stereocenters. The summed E-state index contributed by atoms with van der Waals surface area (Å²) >= 11 is 0. The van der Waals surface area contributed by atoms with Gasteiger partial charge < -0.3 is 8.83 Å². The molecular formula is C49H48F4N8O6S2. The van der Waals surface area contributed by atoms with Crippen molar-refractivity contribution in [2.45, 2.75) is 25.9 Å². The SMILES string of the molecule is C=CS(=O)(=O)N(Cc1ccc(-c2nnc(C(F)F)o2)cc1)c1ccccc1.O=S(=O)(CCN1CCN(C/C=C/c2ccccc2)CC1)N(Cc1ccc(-c2nnc(C(F)F)o2)cc1)c1ccccc1. The topological polar surface area (TPSA) is 159 Å². The van der Waals surface area contributed by atoms with Crippen molar-refractivity contribution in [3.8, 4) is 22.9 Å². The lowest BCUT2D eigenvalue weighted by atomic mass is 10.1. The molecule has 3 heterocycles. The summed E-state index contributed by atoms with van der Waals surface area (Å²) in [5.41, 5.74) is 4.60. The lowest BCUT2D eigenvalue weighted by Crippen LogP contribution is -2.48. The Morgan fingerprint density at radius 1 is 0.580 bits per heavy atom. The Bertz CT molecular complexity index is 2960. The van der Waals surface area contributed by atoms with Crippen LogP contribution in [-0.4, -0.2) is 92.1 Å². The Hall–Kier alpha value is -7.00. The number of para-hydroxylation sites is 2. The number of piperazine rings is 1. The van der Waals surface area contributed by atoms with Gasteiger partial charge in [0.2, 0.25) is 21.8 Å². The van der Waals surface area contributed by atoms with Gasteiger partial charge in [0.15, 0.2) is 0 Å². The van der Waals surface area contributed by atoms with Crippen LogP contribution in [0.15, 0.2) is 166 Å². The molecule has 0 saturated carbocycles. The summed E-state index contributed by atoms with van der Waals surface area (Å²) in [6.45, 7) is 8.26.